The predicted molar refractivity (Wildman–Crippen MR) is 71.8 cm³/mol. The van der Waals surface area contributed by atoms with E-state index < -0.39 is 6.10 Å². The number of ether oxygens (including phenoxy) is 1. The lowest BCUT2D eigenvalue weighted by molar-refractivity contribution is 0.199. The molecule has 1 atom stereocenters. The Kier molecular flexibility index (Phi) is 5.75. The van der Waals surface area contributed by atoms with Gasteiger partial charge in [0.25, 0.3) is 0 Å². The second-order valence-electron chi connectivity index (χ2n) is 3.96. The summed E-state index contributed by atoms with van der Waals surface area (Å²) in [5, 5.41) is 10.2. The van der Waals surface area contributed by atoms with Crippen LogP contribution in [-0.2, 0) is 4.74 Å². The number of rotatable bonds is 6. The standard InChI is InChI=1S/C13H20ClNO2/c1-4-15(7-8-17-3)13-6-5-11(10(2)16)9-12(13)14/h5-6,9-10,16H,4,7-8H2,1-3H3. The number of anilines is 1. The first-order chi connectivity index (χ1) is 8.10. The second kappa shape index (κ2) is 6.84. The maximum absolute atomic E-state index is 9.48. The Labute approximate surface area is 108 Å². The van der Waals surface area contributed by atoms with Crippen molar-refractivity contribution in [3.8, 4) is 0 Å². The number of aliphatic hydroxyl groups is 1. The van der Waals surface area contributed by atoms with Crippen LogP contribution in [-0.4, -0.2) is 31.9 Å². The lowest BCUT2D eigenvalue weighted by atomic mass is 10.1. The monoisotopic (exact) mass is 257 g/mol. The van der Waals surface area contributed by atoms with Crippen molar-refractivity contribution in [1.29, 1.82) is 0 Å². The van der Waals surface area contributed by atoms with Crippen molar-refractivity contribution in [2.45, 2.75) is 20.0 Å². The van der Waals surface area contributed by atoms with E-state index in [0.717, 1.165) is 24.3 Å². The van der Waals surface area contributed by atoms with Crippen LogP contribution < -0.4 is 4.90 Å². The van der Waals surface area contributed by atoms with Crippen LogP contribution in [0.3, 0.4) is 0 Å². The molecule has 0 aliphatic rings. The molecular weight excluding hydrogens is 238 g/mol. The van der Waals surface area contributed by atoms with Gasteiger partial charge >= 0.3 is 0 Å². The minimum absolute atomic E-state index is 0.490. The molecule has 4 heteroatoms. The van der Waals surface area contributed by atoms with Crippen LogP contribution >= 0.6 is 11.6 Å². The molecule has 0 saturated heterocycles. The fourth-order valence-corrected chi connectivity index (χ4v) is 2.00. The molecule has 0 heterocycles. The van der Waals surface area contributed by atoms with Gasteiger partial charge in [-0.3, -0.25) is 0 Å². The molecule has 0 bridgehead atoms. The Morgan fingerprint density at radius 1 is 1.47 bits per heavy atom. The summed E-state index contributed by atoms with van der Waals surface area (Å²) in [7, 11) is 1.69. The van der Waals surface area contributed by atoms with Gasteiger partial charge in [-0.05, 0) is 31.5 Å². The van der Waals surface area contributed by atoms with Crippen molar-refractivity contribution in [2.24, 2.45) is 0 Å². The zero-order valence-corrected chi connectivity index (χ0v) is 11.4. The van der Waals surface area contributed by atoms with Crippen molar-refractivity contribution < 1.29 is 9.84 Å². The SMILES string of the molecule is CCN(CCOC)c1ccc(C(C)O)cc1Cl. The molecule has 0 amide bonds. The van der Waals surface area contributed by atoms with Gasteiger partial charge in [0.05, 0.1) is 23.4 Å². The average Bonchev–Trinajstić information content (AvgIpc) is 2.31. The summed E-state index contributed by atoms with van der Waals surface area (Å²) in [6.45, 7) is 6.16. The number of hydrogen-bond donors (Lipinski definition) is 1. The lowest BCUT2D eigenvalue weighted by Gasteiger charge is -2.24. The Hall–Kier alpha value is -0.770. The molecule has 0 saturated carbocycles. The normalized spacial score (nSPS) is 12.5. The third-order valence-electron chi connectivity index (χ3n) is 2.74. The first-order valence-corrected chi connectivity index (χ1v) is 6.19. The Morgan fingerprint density at radius 2 is 2.18 bits per heavy atom. The number of aliphatic hydroxyl groups excluding tert-OH is 1. The lowest BCUT2D eigenvalue weighted by Crippen LogP contribution is -2.27. The van der Waals surface area contributed by atoms with Crippen molar-refractivity contribution in [3.63, 3.8) is 0 Å². The van der Waals surface area contributed by atoms with Gasteiger partial charge in [0.15, 0.2) is 0 Å². The predicted octanol–water partition coefficient (Wildman–Crippen LogP) is 2.87. The van der Waals surface area contributed by atoms with E-state index in [9.17, 15) is 5.11 Å². The van der Waals surface area contributed by atoms with Crippen LogP contribution in [0.25, 0.3) is 0 Å². The van der Waals surface area contributed by atoms with Gasteiger partial charge in [0.2, 0.25) is 0 Å². The zero-order chi connectivity index (χ0) is 12.8. The first kappa shape index (κ1) is 14.3. The summed E-state index contributed by atoms with van der Waals surface area (Å²) < 4.78 is 5.07. The van der Waals surface area contributed by atoms with E-state index in [2.05, 4.69) is 11.8 Å². The number of halogens is 1. The van der Waals surface area contributed by atoms with E-state index >= 15 is 0 Å². The fraction of sp³-hybridized carbons (Fsp3) is 0.538. The van der Waals surface area contributed by atoms with Crippen LogP contribution in [0.2, 0.25) is 5.02 Å². The summed E-state index contributed by atoms with van der Waals surface area (Å²) >= 11 is 6.23. The topological polar surface area (TPSA) is 32.7 Å². The van der Waals surface area contributed by atoms with Gasteiger partial charge in [-0.1, -0.05) is 17.7 Å². The molecule has 17 heavy (non-hydrogen) atoms. The number of nitrogens with zero attached hydrogens (tertiary/aromatic N) is 1. The molecule has 0 aliphatic heterocycles. The number of hydrogen-bond acceptors (Lipinski definition) is 3. The van der Waals surface area contributed by atoms with Gasteiger partial charge in [0.1, 0.15) is 0 Å². The highest BCUT2D eigenvalue weighted by molar-refractivity contribution is 6.33. The van der Waals surface area contributed by atoms with Crippen molar-refractivity contribution in [2.75, 3.05) is 31.7 Å². The summed E-state index contributed by atoms with van der Waals surface area (Å²) in [5.74, 6) is 0. The van der Waals surface area contributed by atoms with Gasteiger partial charge in [-0.25, -0.2) is 0 Å². The molecule has 0 fully saturated rings. The molecule has 0 radical (unpaired) electrons. The fourth-order valence-electron chi connectivity index (χ4n) is 1.69. The summed E-state index contributed by atoms with van der Waals surface area (Å²) in [4.78, 5) is 2.15. The van der Waals surface area contributed by atoms with E-state index in [1.165, 1.54) is 0 Å². The maximum Gasteiger partial charge on any atom is 0.0762 e. The van der Waals surface area contributed by atoms with Crippen LogP contribution in [0.5, 0.6) is 0 Å². The van der Waals surface area contributed by atoms with Crippen molar-refractivity contribution in [1.82, 2.24) is 0 Å². The van der Waals surface area contributed by atoms with E-state index in [4.69, 9.17) is 16.3 Å². The quantitative estimate of drug-likeness (QED) is 0.851. The molecule has 3 nitrogen and oxygen atoms in total. The van der Waals surface area contributed by atoms with Crippen LogP contribution in [0, 0.1) is 0 Å². The molecule has 96 valence electrons. The van der Waals surface area contributed by atoms with E-state index in [1.54, 1.807) is 14.0 Å². The van der Waals surface area contributed by atoms with Crippen LogP contribution in [0.15, 0.2) is 18.2 Å². The van der Waals surface area contributed by atoms with Crippen LogP contribution in [0.4, 0.5) is 5.69 Å². The Morgan fingerprint density at radius 3 is 2.65 bits per heavy atom. The number of benzene rings is 1. The van der Waals surface area contributed by atoms with E-state index in [0.29, 0.717) is 11.6 Å². The third kappa shape index (κ3) is 3.87. The van der Waals surface area contributed by atoms with Gasteiger partial charge < -0.3 is 14.7 Å². The molecule has 0 spiro atoms. The molecule has 1 unspecified atom stereocenters. The van der Waals surface area contributed by atoms with Crippen molar-refractivity contribution in [3.05, 3.63) is 28.8 Å². The van der Waals surface area contributed by atoms with Crippen LogP contribution in [0.1, 0.15) is 25.5 Å². The minimum Gasteiger partial charge on any atom is -0.389 e. The first-order valence-electron chi connectivity index (χ1n) is 5.81. The summed E-state index contributed by atoms with van der Waals surface area (Å²) in [5.41, 5.74) is 1.82. The summed E-state index contributed by atoms with van der Waals surface area (Å²) in [6, 6.07) is 5.67. The van der Waals surface area contributed by atoms with E-state index in [-0.39, 0.29) is 0 Å². The number of likely N-dealkylation sites (N-methyl/N-ethyl adjacent to an activating group) is 1. The van der Waals surface area contributed by atoms with Gasteiger partial charge in [0, 0.05) is 20.2 Å². The maximum atomic E-state index is 9.48. The van der Waals surface area contributed by atoms with E-state index in [1.807, 2.05) is 18.2 Å². The molecule has 1 aromatic carbocycles. The minimum atomic E-state index is -0.490. The largest absolute Gasteiger partial charge is 0.389 e. The summed E-state index contributed by atoms with van der Waals surface area (Å²) in [6.07, 6.45) is -0.490. The third-order valence-corrected chi connectivity index (χ3v) is 3.04. The number of methoxy groups -OCH3 is 1. The Balaban J connectivity index is 2.88. The highest BCUT2D eigenvalue weighted by atomic mass is 35.5. The zero-order valence-electron chi connectivity index (χ0n) is 10.6. The average molecular weight is 258 g/mol. The molecule has 1 rings (SSSR count). The van der Waals surface area contributed by atoms with Gasteiger partial charge in [-0.15, -0.1) is 0 Å². The van der Waals surface area contributed by atoms with Crippen molar-refractivity contribution >= 4 is 17.3 Å². The highest BCUT2D eigenvalue weighted by Gasteiger charge is 2.10. The second-order valence-corrected chi connectivity index (χ2v) is 4.37. The molecule has 0 aromatic heterocycles. The smallest absolute Gasteiger partial charge is 0.0762 e. The molecule has 0 aliphatic carbocycles. The van der Waals surface area contributed by atoms with Gasteiger partial charge in [-0.2, -0.15) is 0 Å². The molecular formula is C13H20ClNO2. The molecule has 1 aromatic rings. The molecule has 1 N–H and O–H groups in total. The Bertz CT molecular complexity index is 355. The highest BCUT2D eigenvalue weighted by Crippen LogP contribution is 2.28.